The summed E-state index contributed by atoms with van der Waals surface area (Å²) < 4.78 is 1.73. The van der Waals surface area contributed by atoms with E-state index in [0.29, 0.717) is 6.04 Å². The molecule has 0 radical (unpaired) electrons. The van der Waals surface area contributed by atoms with Crippen molar-refractivity contribution in [3.63, 3.8) is 0 Å². The van der Waals surface area contributed by atoms with Gasteiger partial charge in [0, 0.05) is 38.4 Å². The zero-order valence-corrected chi connectivity index (χ0v) is 10.0. The molecule has 2 heterocycles. The van der Waals surface area contributed by atoms with Gasteiger partial charge in [0.2, 0.25) is 0 Å². The minimum atomic E-state index is 0.0963. The molecule has 0 unspecified atom stereocenters. The first-order valence-electron chi connectivity index (χ1n) is 5.61. The molecule has 1 aliphatic rings. The smallest absolute Gasteiger partial charge is 0.257 e. The van der Waals surface area contributed by atoms with E-state index in [1.54, 1.807) is 10.9 Å². The van der Waals surface area contributed by atoms with E-state index < -0.39 is 0 Å². The predicted octanol–water partition coefficient (Wildman–Crippen LogP) is 0.162. The number of amides is 1. The van der Waals surface area contributed by atoms with Gasteiger partial charge in [0.05, 0.1) is 11.8 Å². The van der Waals surface area contributed by atoms with E-state index in [-0.39, 0.29) is 5.91 Å². The molecule has 0 aromatic carbocycles. The molecule has 1 aromatic rings. The van der Waals surface area contributed by atoms with Crippen molar-refractivity contribution in [3.8, 4) is 0 Å². The third-order valence-corrected chi connectivity index (χ3v) is 3.12. The fourth-order valence-electron chi connectivity index (χ4n) is 2.00. The molecule has 1 saturated heterocycles. The van der Waals surface area contributed by atoms with Gasteiger partial charge in [-0.1, -0.05) is 0 Å². The van der Waals surface area contributed by atoms with E-state index >= 15 is 0 Å². The van der Waals surface area contributed by atoms with E-state index in [1.165, 1.54) is 0 Å². The number of rotatable bonds is 1. The largest absolute Gasteiger partial charge is 0.336 e. The second-order valence-corrected chi connectivity index (χ2v) is 4.37. The molecule has 1 atom stereocenters. The van der Waals surface area contributed by atoms with Crippen LogP contribution in [-0.2, 0) is 7.05 Å². The number of aryl methyl sites for hydroxylation is 1. The van der Waals surface area contributed by atoms with Gasteiger partial charge in [0.25, 0.3) is 5.91 Å². The molecule has 16 heavy (non-hydrogen) atoms. The highest BCUT2D eigenvalue weighted by molar-refractivity contribution is 5.95. The van der Waals surface area contributed by atoms with Crippen LogP contribution in [0.4, 0.5) is 0 Å². The van der Waals surface area contributed by atoms with Gasteiger partial charge >= 0.3 is 0 Å². The molecule has 5 nitrogen and oxygen atoms in total. The Balaban J connectivity index is 2.15. The number of piperazine rings is 1. The Morgan fingerprint density at radius 2 is 2.38 bits per heavy atom. The lowest BCUT2D eigenvalue weighted by atomic mass is 10.2. The molecule has 1 fully saturated rings. The lowest BCUT2D eigenvalue weighted by molar-refractivity contribution is 0.0708. The van der Waals surface area contributed by atoms with Crippen LogP contribution < -0.4 is 5.32 Å². The predicted molar refractivity (Wildman–Crippen MR) is 61.3 cm³/mol. The summed E-state index contributed by atoms with van der Waals surface area (Å²) in [6.07, 6.45) is 1.66. The third-order valence-electron chi connectivity index (χ3n) is 3.12. The van der Waals surface area contributed by atoms with Crippen LogP contribution >= 0.6 is 0 Å². The summed E-state index contributed by atoms with van der Waals surface area (Å²) in [5.41, 5.74) is 1.65. The average Bonchev–Trinajstić information content (AvgIpc) is 2.59. The van der Waals surface area contributed by atoms with E-state index in [4.69, 9.17) is 0 Å². The van der Waals surface area contributed by atoms with Crippen molar-refractivity contribution in [2.45, 2.75) is 19.9 Å². The lowest BCUT2D eigenvalue weighted by Gasteiger charge is -2.31. The number of nitrogens with one attached hydrogen (secondary N) is 1. The molecule has 0 aliphatic carbocycles. The van der Waals surface area contributed by atoms with Gasteiger partial charge in [-0.2, -0.15) is 5.10 Å². The van der Waals surface area contributed by atoms with Crippen LogP contribution in [0.15, 0.2) is 6.20 Å². The van der Waals surface area contributed by atoms with Gasteiger partial charge in [0.15, 0.2) is 0 Å². The number of nitrogens with zero attached hydrogens (tertiary/aromatic N) is 3. The van der Waals surface area contributed by atoms with Crippen molar-refractivity contribution in [2.24, 2.45) is 7.05 Å². The van der Waals surface area contributed by atoms with Crippen molar-refractivity contribution < 1.29 is 4.79 Å². The normalized spacial score (nSPS) is 21.2. The van der Waals surface area contributed by atoms with Crippen LogP contribution in [-0.4, -0.2) is 46.3 Å². The van der Waals surface area contributed by atoms with Gasteiger partial charge in [-0.3, -0.25) is 9.48 Å². The maximum atomic E-state index is 12.2. The van der Waals surface area contributed by atoms with Gasteiger partial charge in [-0.05, 0) is 13.8 Å². The number of carbonyl (C=O) groups is 1. The van der Waals surface area contributed by atoms with Crippen molar-refractivity contribution in [2.75, 3.05) is 19.6 Å². The Kier molecular flexibility index (Phi) is 2.96. The molecule has 0 bridgehead atoms. The molecule has 1 N–H and O–H groups in total. The summed E-state index contributed by atoms with van der Waals surface area (Å²) in [5, 5.41) is 7.43. The summed E-state index contributed by atoms with van der Waals surface area (Å²) in [6, 6.07) is 0.370. The summed E-state index contributed by atoms with van der Waals surface area (Å²) in [4.78, 5) is 14.1. The fraction of sp³-hybridized carbons (Fsp3) is 0.636. The van der Waals surface area contributed by atoms with Crippen molar-refractivity contribution in [1.82, 2.24) is 20.0 Å². The van der Waals surface area contributed by atoms with Gasteiger partial charge in [-0.15, -0.1) is 0 Å². The molecule has 88 valence electrons. The highest BCUT2D eigenvalue weighted by Gasteiger charge is 2.23. The van der Waals surface area contributed by atoms with Crippen LogP contribution in [0.1, 0.15) is 23.0 Å². The minimum Gasteiger partial charge on any atom is -0.336 e. The zero-order valence-electron chi connectivity index (χ0n) is 10.0. The molecule has 2 rings (SSSR count). The highest BCUT2D eigenvalue weighted by Crippen LogP contribution is 2.11. The van der Waals surface area contributed by atoms with Crippen molar-refractivity contribution >= 4 is 5.91 Å². The molecule has 1 aliphatic heterocycles. The molecule has 0 saturated carbocycles. The SMILES string of the molecule is Cc1c(C(=O)N2CCN[C@@H](C)C2)cnn1C. The summed E-state index contributed by atoms with van der Waals surface area (Å²) in [7, 11) is 1.85. The van der Waals surface area contributed by atoms with Crippen LogP contribution in [0.25, 0.3) is 0 Å². The van der Waals surface area contributed by atoms with E-state index in [1.807, 2.05) is 18.9 Å². The first-order chi connectivity index (χ1) is 7.59. The second kappa shape index (κ2) is 4.25. The lowest BCUT2D eigenvalue weighted by Crippen LogP contribution is -2.51. The third kappa shape index (κ3) is 1.95. The molecule has 1 amide bonds. The average molecular weight is 222 g/mol. The Bertz CT molecular complexity index is 399. The summed E-state index contributed by atoms with van der Waals surface area (Å²) in [6.45, 7) is 6.43. The van der Waals surface area contributed by atoms with Gasteiger partial charge < -0.3 is 10.2 Å². The standard InChI is InChI=1S/C11H18N4O/c1-8-7-15(5-4-12-8)11(16)10-6-13-14(3)9(10)2/h6,8,12H,4-5,7H2,1-3H3/t8-/m0/s1. The maximum Gasteiger partial charge on any atom is 0.257 e. The quantitative estimate of drug-likeness (QED) is 0.736. The van der Waals surface area contributed by atoms with Crippen LogP contribution in [0.2, 0.25) is 0 Å². The first-order valence-corrected chi connectivity index (χ1v) is 5.61. The van der Waals surface area contributed by atoms with Crippen molar-refractivity contribution in [3.05, 3.63) is 17.5 Å². The van der Waals surface area contributed by atoms with Gasteiger partial charge in [0.1, 0.15) is 0 Å². The Labute approximate surface area is 95.4 Å². The van der Waals surface area contributed by atoms with Crippen LogP contribution in [0, 0.1) is 6.92 Å². The van der Waals surface area contributed by atoms with Crippen LogP contribution in [0.5, 0.6) is 0 Å². The topological polar surface area (TPSA) is 50.2 Å². The minimum absolute atomic E-state index is 0.0963. The Morgan fingerprint density at radius 3 is 2.94 bits per heavy atom. The summed E-state index contributed by atoms with van der Waals surface area (Å²) >= 11 is 0. The molecular formula is C11H18N4O. The number of hydrogen-bond donors (Lipinski definition) is 1. The molecule has 5 heteroatoms. The van der Waals surface area contributed by atoms with Crippen LogP contribution in [0.3, 0.4) is 0 Å². The molecule has 1 aromatic heterocycles. The molecular weight excluding hydrogens is 204 g/mol. The fourth-order valence-corrected chi connectivity index (χ4v) is 2.00. The maximum absolute atomic E-state index is 12.2. The van der Waals surface area contributed by atoms with Gasteiger partial charge in [-0.25, -0.2) is 0 Å². The van der Waals surface area contributed by atoms with E-state index in [9.17, 15) is 4.79 Å². The van der Waals surface area contributed by atoms with E-state index in [2.05, 4.69) is 17.3 Å². The first kappa shape index (κ1) is 11.1. The monoisotopic (exact) mass is 222 g/mol. The molecule has 0 spiro atoms. The zero-order chi connectivity index (χ0) is 11.7. The number of hydrogen-bond acceptors (Lipinski definition) is 3. The number of aromatic nitrogens is 2. The number of carbonyl (C=O) groups excluding carboxylic acids is 1. The highest BCUT2D eigenvalue weighted by atomic mass is 16.2. The Morgan fingerprint density at radius 1 is 1.62 bits per heavy atom. The van der Waals surface area contributed by atoms with E-state index in [0.717, 1.165) is 30.9 Å². The Hall–Kier alpha value is -1.36. The second-order valence-electron chi connectivity index (χ2n) is 4.37. The van der Waals surface area contributed by atoms with Crippen molar-refractivity contribution in [1.29, 1.82) is 0 Å². The summed E-state index contributed by atoms with van der Waals surface area (Å²) in [5.74, 6) is 0.0963.